The summed E-state index contributed by atoms with van der Waals surface area (Å²) in [6, 6.07) is 8.44. The summed E-state index contributed by atoms with van der Waals surface area (Å²) in [5.41, 5.74) is -0.124. The average molecular weight is 376 g/mol. The number of amides is 1. The molecule has 110 valence electrons. The molecule has 2 aromatic rings. The molecule has 0 heterocycles. The number of carbonyl (C=O) groups excluding carboxylic acids is 1. The normalized spacial score (nSPS) is 9.68. The standard InChI is InChI=1S/C14H10BrNO5.Na.H/c15-10-6-7(5-9(12(10)18)14(20)21)16-13(19)8-3-1-2-4-11(8)17;;/h1-6,17-18H,(H,16,19)(H,20,21);;/q;+1;-1. The molecule has 0 aromatic heterocycles. The molecule has 0 fully saturated rings. The van der Waals surface area contributed by atoms with Gasteiger partial charge in [0.05, 0.1) is 10.0 Å². The van der Waals surface area contributed by atoms with E-state index in [4.69, 9.17) is 5.11 Å². The third kappa shape index (κ3) is 4.01. The minimum absolute atomic E-state index is 0. The van der Waals surface area contributed by atoms with Gasteiger partial charge in [-0.2, -0.15) is 0 Å². The number of rotatable bonds is 3. The van der Waals surface area contributed by atoms with Crippen molar-refractivity contribution in [2.24, 2.45) is 0 Å². The predicted molar refractivity (Wildman–Crippen MR) is 79.9 cm³/mol. The summed E-state index contributed by atoms with van der Waals surface area (Å²) >= 11 is 3.01. The molecule has 0 aliphatic heterocycles. The van der Waals surface area contributed by atoms with Gasteiger partial charge in [0.15, 0.2) is 0 Å². The summed E-state index contributed by atoms with van der Waals surface area (Å²) < 4.78 is 0.134. The van der Waals surface area contributed by atoms with Crippen molar-refractivity contribution >= 4 is 33.5 Å². The van der Waals surface area contributed by atoms with Gasteiger partial charge in [0.2, 0.25) is 0 Å². The number of para-hydroxylation sites is 1. The van der Waals surface area contributed by atoms with E-state index < -0.39 is 17.6 Å². The Morgan fingerprint density at radius 2 is 1.73 bits per heavy atom. The van der Waals surface area contributed by atoms with Crippen LogP contribution in [0.3, 0.4) is 0 Å². The van der Waals surface area contributed by atoms with Crippen LogP contribution in [0.1, 0.15) is 22.1 Å². The molecule has 0 saturated heterocycles. The van der Waals surface area contributed by atoms with Gasteiger partial charge in [0.25, 0.3) is 5.91 Å². The van der Waals surface area contributed by atoms with E-state index in [9.17, 15) is 19.8 Å². The third-order valence-electron chi connectivity index (χ3n) is 2.70. The molecular formula is C14H11BrNNaO5. The summed E-state index contributed by atoms with van der Waals surface area (Å²) in [6.45, 7) is 0. The van der Waals surface area contributed by atoms with Crippen LogP contribution in [0, 0.1) is 0 Å². The first-order chi connectivity index (χ1) is 9.90. The van der Waals surface area contributed by atoms with Crippen molar-refractivity contribution in [2.45, 2.75) is 0 Å². The van der Waals surface area contributed by atoms with Crippen LogP contribution in [0.15, 0.2) is 40.9 Å². The summed E-state index contributed by atoms with van der Waals surface area (Å²) in [6.07, 6.45) is 0. The number of carboxylic acids is 1. The molecule has 0 atom stereocenters. The first-order valence-corrected chi connectivity index (χ1v) is 6.54. The SMILES string of the molecule is O=C(Nc1cc(Br)c(O)c(C(=O)O)c1)c1ccccc1O.[H-].[Na+]. The topological polar surface area (TPSA) is 107 Å². The van der Waals surface area contributed by atoms with Gasteiger partial charge in [-0.25, -0.2) is 4.79 Å². The number of phenols is 2. The maximum absolute atomic E-state index is 12.0. The second-order valence-corrected chi connectivity index (χ2v) is 4.98. The number of aromatic hydroxyl groups is 2. The number of nitrogens with one attached hydrogen (secondary N) is 1. The minimum Gasteiger partial charge on any atom is -1.00 e. The fourth-order valence-electron chi connectivity index (χ4n) is 1.70. The zero-order valence-electron chi connectivity index (χ0n) is 12.5. The maximum Gasteiger partial charge on any atom is 1.00 e. The molecule has 0 radical (unpaired) electrons. The van der Waals surface area contributed by atoms with Crippen LogP contribution in [-0.4, -0.2) is 27.2 Å². The molecule has 2 rings (SSSR count). The van der Waals surface area contributed by atoms with Gasteiger partial charge in [-0.15, -0.1) is 0 Å². The Kier molecular flexibility index (Phi) is 6.43. The van der Waals surface area contributed by atoms with Crippen molar-refractivity contribution in [2.75, 3.05) is 5.32 Å². The van der Waals surface area contributed by atoms with Crippen LogP contribution in [0.2, 0.25) is 0 Å². The molecule has 4 N–H and O–H groups in total. The third-order valence-corrected chi connectivity index (χ3v) is 3.30. The molecule has 22 heavy (non-hydrogen) atoms. The van der Waals surface area contributed by atoms with Crippen molar-refractivity contribution in [1.82, 2.24) is 0 Å². The monoisotopic (exact) mass is 375 g/mol. The Morgan fingerprint density at radius 3 is 2.32 bits per heavy atom. The Labute approximate surface area is 157 Å². The molecule has 2 aromatic carbocycles. The molecule has 0 aliphatic carbocycles. The number of carboxylic acid groups (broad SMARTS) is 1. The number of hydrogen-bond acceptors (Lipinski definition) is 4. The molecule has 0 saturated carbocycles. The molecule has 8 heteroatoms. The summed E-state index contributed by atoms with van der Waals surface area (Å²) in [4.78, 5) is 23.0. The smallest absolute Gasteiger partial charge is 1.00 e. The Balaban J connectivity index is 0.00000242. The first kappa shape index (κ1) is 18.5. The number of aromatic carboxylic acids is 1. The average Bonchev–Trinajstić information content (AvgIpc) is 2.42. The quantitative estimate of drug-likeness (QED) is 0.443. The first-order valence-electron chi connectivity index (χ1n) is 5.75. The van der Waals surface area contributed by atoms with Gasteiger partial charge in [0.1, 0.15) is 17.1 Å². The van der Waals surface area contributed by atoms with E-state index >= 15 is 0 Å². The van der Waals surface area contributed by atoms with Gasteiger partial charge in [0, 0.05) is 5.69 Å². The van der Waals surface area contributed by atoms with E-state index in [0.717, 1.165) is 6.07 Å². The number of phenolic OH excluding ortho intramolecular Hbond substituents is 1. The number of anilines is 1. The zero-order valence-corrected chi connectivity index (χ0v) is 15.1. The molecule has 0 spiro atoms. The van der Waals surface area contributed by atoms with Crippen LogP contribution >= 0.6 is 15.9 Å². The van der Waals surface area contributed by atoms with Crippen molar-refractivity contribution in [3.8, 4) is 11.5 Å². The van der Waals surface area contributed by atoms with Gasteiger partial charge >= 0.3 is 35.5 Å². The summed E-state index contributed by atoms with van der Waals surface area (Å²) in [5, 5.41) is 30.6. The Hall–Kier alpha value is -1.54. The van der Waals surface area contributed by atoms with Gasteiger partial charge in [-0.3, -0.25) is 4.79 Å². The van der Waals surface area contributed by atoms with Crippen LogP contribution in [0.25, 0.3) is 0 Å². The number of carbonyl (C=O) groups is 2. The van der Waals surface area contributed by atoms with Crippen LogP contribution in [0.4, 0.5) is 5.69 Å². The summed E-state index contributed by atoms with van der Waals surface area (Å²) in [7, 11) is 0. The number of benzene rings is 2. The van der Waals surface area contributed by atoms with E-state index in [1.165, 1.54) is 18.2 Å². The van der Waals surface area contributed by atoms with Crippen LogP contribution < -0.4 is 34.9 Å². The van der Waals surface area contributed by atoms with Crippen LogP contribution in [0.5, 0.6) is 11.5 Å². The Bertz CT molecular complexity index is 741. The van der Waals surface area contributed by atoms with Gasteiger partial charge in [-0.1, -0.05) is 12.1 Å². The second-order valence-electron chi connectivity index (χ2n) is 4.13. The largest absolute Gasteiger partial charge is 1.00 e. The molecular weight excluding hydrogens is 365 g/mol. The van der Waals surface area contributed by atoms with E-state index in [1.54, 1.807) is 12.1 Å². The molecule has 0 unspecified atom stereocenters. The van der Waals surface area contributed by atoms with Crippen LogP contribution in [-0.2, 0) is 0 Å². The fraction of sp³-hybridized carbons (Fsp3) is 0. The summed E-state index contributed by atoms with van der Waals surface area (Å²) in [5.74, 6) is -2.54. The molecule has 0 aliphatic rings. The minimum atomic E-state index is -1.33. The van der Waals surface area contributed by atoms with Crippen molar-refractivity contribution in [1.29, 1.82) is 0 Å². The van der Waals surface area contributed by atoms with Gasteiger partial charge in [-0.05, 0) is 40.2 Å². The molecule has 0 bridgehead atoms. The molecule has 1 amide bonds. The Morgan fingerprint density at radius 1 is 1.09 bits per heavy atom. The van der Waals surface area contributed by atoms with Crippen molar-refractivity contribution in [3.63, 3.8) is 0 Å². The fourth-order valence-corrected chi connectivity index (χ4v) is 2.16. The van der Waals surface area contributed by atoms with Crippen molar-refractivity contribution < 1.29 is 55.9 Å². The van der Waals surface area contributed by atoms with Gasteiger partial charge < -0.3 is 22.1 Å². The van der Waals surface area contributed by atoms with E-state index in [0.29, 0.717) is 0 Å². The predicted octanol–water partition coefficient (Wildman–Crippen LogP) is -0.0727. The van der Waals surface area contributed by atoms with E-state index in [2.05, 4.69) is 21.2 Å². The number of halogens is 1. The van der Waals surface area contributed by atoms with Crippen molar-refractivity contribution in [3.05, 3.63) is 52.0 Å². The second kappa shape index (κ2) is 7.64. The number of hydrogen-bond donors (Lipinski definition) is 4. The van der Waals surface area contributed by atoms with E-state index in [1.807, 2.05) is 0 Å². The molecule has 6 nitrogen and oxygen atoms in total. The maximum atomic E-state index is 12.0. The van der Waals surface area contributed by atoms with E-state index in [-0.39, 0.29) is 58.0 Å². The zero-order chi connectivity index (χ0) is 15.6.